The summed E-state index contributed by atoms with van der Waals surface area (Å²) in [5.41, 5.74) is 1.82. The van der Waals surface area contributed by atoms with Crippen molar-refractivity contribution < 1.29 is 9.50 Å². The molecule has 1 aromatic carbocycles. The van der Waals surface area contributed by atoms with E-state index in [2.05, 4.69) is 4.98 Å². The van der Waals surface area contributed by atoms with E-state index < -0.39 is 6.10 Å². The zero-order valence-corrected chi connectivity index (χ0v) is 9.88. The summed E-state index contributed by atoms with van der Waals surface area (Å²) in [7, 11) is 0. The van der Waals surface area contributed by atoms with E-state index in [-0.39, 0.29) is 5.82 Å². The lowest BCUT2D eigenvalue weighted by atomic mass is 10.0. The van der Waals surface area contributed by atoms with Gasteiger partial charge in [0.25, 0.3) is 0 Å². The Hall–Kier alpha value is -1.26. The molecular weight excluding hydrogens is 225 g/mol. The van der Waals surface area contributed by atoms with Gasteiger partial charge in [-0.05, 0) is 31.0 Å². The number of hydrogen-bond donors (Lipinski definition) is 1. The molecule has 16 heavy (non-hydrogen) atoms. The van der Waals surface area contributed by atoms with Crippen molar-refractivity contribution in [2.24, 2.45) is 0 Å². The maximum atomic E-state index is 13.1. The Kier molecular flexibility index (Phi) is 3.03. The highest BCUT2D eigenvalue weighted by molar-refractivity contribution is 7.09. The molecule has 0 radical (unpaired) electrons. The molecule has 2 aromatic rings. The first kappa shape index (κ1) is 11.2. The zero-order chi connectivity index (χ0) is 11.7. The van der Waals surface area contributed by atoms with Crippen LogP contribution in [0.3, 0.4) is 0 Å². The van der Waals surface area contributed by atoms with Gasteiger partial charge in [0.05, 0.1) is 10.7 Å². The van der Waals surface area contributed by atoms with Gasteiger partial charge in [-0.1, -0.05) is 12.1 Å². The lowest BCUT2D eigenvalue weighted by molar-refractivity contribution is 0.216. The third kappa shape index (κ3) is 2.13. The van der Waals surface area contributed by atoms with Crippen LogP contribution in [0, 0.1) is 19.7 Å². The number of halogens is 1. The Bertz CT molecular complexity index is 509. The van der Waals surface area contributed by atoms with E-state index in [0.29, 0.717) is 16.8 Å². The highest BCUT2D eigenvalue weighted by atomic mass is 32.1. The van der Waals surface area contributed by atoms with Crippen LogP contribution in [0.15, 0.2) is 23.6 Å². The van der Waals surface area contributed by atoms with Gasteiger partial charge in [-0.3, -0.25) is 0 Å². The SMILES string of the molecule is Cc1nc(C(O)c2ccc(F)c(C)c2)cs1. The van der Waals surface area contributed by atoms with Crippen molar-refractivity contribution in [1.29, 1.82) is 0 Å². The number of thiazole rings is 1. The Morgan fingerprint density at radius 3 is 2.69 bits per heavy atom. The van der Waals surface area contributed by atoms with Gasteiger partial charge in [-0.15, -0.1) is 11.3 Å². The van der Waals surface area contributed by atoms with Crippen LogP contribution >= 0.6 is 11.3 Å². The molecule has 1 N–H and O–H groups in total. The monoisotopic (exact) mass is 237 g/mol. The van der Waals surface area contributed by atoms with Crippen molar-refractivity contribution >= 4 is 11.3 Å². The highest BCUT2D eigenvalue weighted by Gasteiger charge is 2.14. The Morgan fingerprint density at radius 2 is 2.12 bits per heavy atom. The zero-order valence-electron chi connectivity index (χ0n) is 9.07. The molecule has 0 spiro atoms. The third-order valence-corrected chi connectivity index (χ3v) is 3.21. The lowest BCUT2D eigenvalue weighted by Crippen LogP contribution is -2.01. The molecule has 1 unspecified atom stereocenters. The van der Waals surface area contributed by atoms with Crippen LogP contribution in [-0.2, 0) is 0 Å². The second-order valence-electron chi connectivity index (χ2n) is 3.70. The maximum Gasteiger partial charge on any atom is 0.126 e. The summed E-state index contributed by atoms with van der Waals surface area (Å²) >= 11 is 1.49. The fraction of sp³-hybridized carbons (Fsp3) is 0.250. The smallest absolute Gasteiger partial charge is 0.126 e. The molecule has 1 atom stereocenters. The topological polar surface area (TPSA) is 33.1 Å². The molecule has 0 aliphatic rings. The predicted octanol–water partition coefficient (Wildman–Crippen LogP) is 2.98. The van der Waals surface area contributed by atoms with Gasteiger partial charge in [0.1, 0.15) is 11.9 Å². The number of nitrogens with zero attached hydrogens (tertiary/aromatic N) is 1. The third-order valence-electron chi connectivity index (χ3n) is 2.41. The molecular formula is C12H12FNOS. The quantitative estimate of drug-likeness (QED) is 0.871. The molecule has 0 saturated carbocycles. The van der Waals surface area contributed by atoms with Gasteiger partial charge in [0.15, 0.2) is 0 Å². The standard InChI is InChI=1S/C12H12FNOS/c1-7-5-9(3-4-10(7)13)12(15)11-6-16-8(2)14-11/h3-6,12,15H,1-2H3. The predicted molar refractivity (Wildman–Crippen MR) is 62.0 cm³/mol. The number of benzene rings is 1. The molecule has 1 aromatic heterocycles. The molecule has 84 valence electrons. The highest BCUT2D eigenvalue weighted by Crippen LogP contribution is 2.24. The van der Waals surface area contributed by atoms with Gasteiger partial charge in [-0.25, -0.2) is 9.37 Å². The number of rotatable bonds is 2. The number of aliphatic hydroxyl groups is 1. The van der Waals surface area contributed by atoms with Gasteiger partial charge in [0, 0.05) is 5.38 Å². The second-order valence-corrected chi connectivity index (χ2v) is 4.76. The van der Waals surface area contributed by atoms with Crippen LogP contribution in [-0.4, -0.2) is 10.1 Å². The van der Waals surface area contributed by atoms with Crippen LogP contribution in [0.2, 0.25) is 0 Å². The van der Waals surface area contributed by atoms with Crippen LogP contribution < -0.4 is 0 Å². The minimum Gasteiger partial charge on any atom is -0.382 e. The normalized spacial score (nSPS) is 12.8. The molecule has 0 fully saturated rings. The van der Waals surface area contributed by atoms with Crippen molar-refractivity contribution in [3.05, 3.63) is 51.2 Å². The average Bonchev–Trinajstić information content (AvgIpc) is 2.68. The first-order valence-electron chi connectivity index (χ1n) is 4.94. The summed E-state index contributed by atoms with van der Waals surface area (Å²) < 4.78 is 13.1. The molecule has 0 bridgehead atoms. The molecule has 0 aliphatic carbocycles. The minimum atomic E-state index is -0.774. The van der Waals surface area contributed by atoms with E-state index in [9.17, 15) is 9.50 Å². The van der Waals surface area contributed by atoms with Crippen molar-refractivity contribution in [3.8, 4) is 0 Å². The first-order chi connectivity index (χ1) is 7.58. The number of hydrogen-bond acceptors (Lipinski definition) is 3. The Morgan fingerprint density at radius 1 is 1.38 bits per heavy atom. The van der Waals surface area contributed by atoms with E-state index in [0.717, 1.165) is 5.01 Å². The Balaban J connectivity index is 2.33. The second kappa shape index (κ2) is 4.31. The van der Waals surface area contributed by atoms with E-state index in [1.54, 1.807) is 19.1 Å². The molecule has 2 rings (SSSR count). The summed E-state index contributed by atoms with van der Waals surface area (Å²) in [6.07, 6.45) is -0.774. The van der Waals surface area contributed by atoms with Crippen molar-refractivity contribution in [2.75, 3.05) is 0 Å². The summed E-state index contributed by atoms with van der Waals surface area (Å²) in [5.74, 6) is -0.259. The van der Waals surface area contributed by atoms with Crippen LogP contribution in [0.5, 0.6) is 0 Å². The van der Waals surface area contributed by atoms with E-state index in [4.69, 9.17) is 0 Å². The number of aromatic nitrogens is 1. The molecule has 0 aliphatic heterocycles. The summed E-state index contributed by atoms with van der Waals surface area (Å²) in [6.45, 7) is 3.56. The molecule has 0 saturated heterocycles. The summed E-state index contributed by atoms with van der Waals surface area (Å²) in [4.78, 5) is 4.21. The summed E-state index contributed by atoms with van der Waals surface area (Å²) in [5, 5.41) is 12.8. The van der Waals surface area contributed by atoms with E-state index in [1.165, 1.54) is 17.4 Å². The fourth-order valence-electron chi connectivity index (χ4n) is 1.51. The number of aliphatic hydroxyl groups excluding tert-OH is 1. The van der Waals surface area contributed by atoms with Gasteiger partial charge in [-0.2, -0.15) is 0 Å². The van der Waals surface area contributed by atoms with Gasteiger partial charge in [0.2, 0.25) is 0 Å². The van der Waals surface area contributed by atoms with Crippen molar-refractivity contribution in [3.63, 3.8) is 0 Å². The van der Waals surface area contributed by atoms with Gasteiger partial charge >= 0.3 is 0 Å². The average molecular weight is 237 g/mol. The first-order valence-corrected chi connectivity index (χ1v) is 5.82. The molecule has 4 heteroatoms. The maximum absolute atomic E-state index is 13.1. The van der Waals surface area contributed by atoms with Crippen molar-refractivity contribution in [1.82, 2.24) is 4.98 Å². The van der Waals surface area contributed by atoms with E-state index in [1.807, 2.05) is 12.3 Å². The Labute approximate surface area is 97.4 Å². The molecule has 0 amide bonds. The van der Waals surface area contributed by atoms with Crippen LogP contribution in [0.25, 0.3) is 0 Å². The lowest BCUT2D eigenvalue weighted by Gasteiger charge is -2.09. The largest absolute Gasteiger partial charge is 0.382 e. The fourth-order valence-corrected chi connectivity index (χ4v) is 2.15. The van der Waals surface area contributed by atoms with Crippen molar-refractivity contribution in [2.45, 2.75) is 20.0 Å². The number of aryl methyl sites for hydroxylation is 2. The molecule has 2 nitrogen and oxygen atoms in total. The van der Waals surface area contributed by atoms with E-state index >= 15 is 0 Å². The van der Waals surface area contributed by atoms with Crippen LogP contribution in [0.4, 0.5) is 4.39 Å². The van der Waals surface area contributed by atoms with Crippen LogP contribution in [0.1, 0.15) is 27.9 Å². The minimum absolute atomic E-state index is 0.259. The summed E-state index contributed by atoms with van der Waals surface area (Å²) in [6, 6.07) is 4.60. The molecule has 1 heterocycles. The van der Waals surface area contributed by atoms with Gasteiger partial charge < -0.3 is 5.11 Å².